The molecule has 0 aromatic heterocycles. The fourth-order valence-electron chi connectivity index (χ4n) is 0.883. The lowest BCUT2D eigenvalue weighted by Gasteiger charge is -1.94. The quantitative estimate of drug-likeness (QED) is 0.649. The minimum absolute atomic E-state index is 0.0780. The molecule has 0 amide bonds. The fraction of sp³-hybridized carbons (Fsp3) is 0.0909. The van der Waals surface area contributed by atoms with E-state index in [1.165, 1.54) is 0 Å². The number of terminal acetylenes is 1. The summed E-state index contributed by atoms with van der Waals surface area (Å²) in [6.45, 7) is -0.0780. The molecular formula is C11H10O. The molecule has 1 rings (SSSR count). The van der Waals surface area contributed by atoms with Gasteiger partial charge in [0.2, 0.25) is 0 Å². The molecule has 0 aliphatic carbocycles. The molecule has 0 aliphatic heterocycles. The molecule has 0 aliphatic rings. The Morgan fingerprint density at radius 2 is 2.08 bits per heavy atom. The van der Waals surface area contributed by atoms with E-state index in [1.807, 2.05) is 30.3 Å². The summed E-state index contributed by atoms with van der Waals surface area (Å²) in [7, 11) is 0. The second-order valence-electron chi connectivity index (χ2n) is 2.38. The van der Waals surface area contributed by atoms with Crippen molar-refractivity contribution in [1.29, 1.82) is 0 Å². The second kappa shape index (κ2) is 4.38. The third kappa shape index (κ3) is 2.26. The van der Waals surface area contributed by atoms with Crippen LogP contribution in [0.3, 0.4) is 0 Å². The van der Waals surface area contributed by atoms with Gasteiger partial charge >= 0.3 is 0 Å². The molecule has 0 spiro atoms. The van der Waals surface area contributed by atoms with Crippen molar-refractivity contribution >= 4 is 6.08 Å². The van der Waals surface area contributed by atoms with E-state index in [4.69, 9.17) is 11.5 Å². The zero-order valence-electron chi connectivity index (χ0n) is 6.70. The maximum absolute atomic E-state index is 8.78. The summed E-state index contributed by atoms with van der Waals surface area (Å²) < 4.78 is 0. The summed E-state index contributed by atoms with van der Waals surface area (Å²) >= 11 is 0. The lowest BCUT2D eigenvalue weighted by molar-refractivity contribution is 0.337. The standard InChI is InChI=1S/C11H10O/c1-2-10(9-12)8-11-6-4-3-5-7-11/h1,3-8,12H,9H2/b10-8+. The Bertz CT molecular complexity index is 304. The molecule has 0 atom stereocenters. The van der Waals surface area contributed by atoms with Crippen molar-refractivity contribution in [3.63, 3.8) is 0 Å². The van der Waals surface area contributed by atoms with Gasteiger partial charge in [-0.25, -0.2) is 0 Å². The van der Waals surface area contributed by atoms with Crippen molar-refractivity contribution < 1.29 is 5.11 Å². The van der Waals surface area contributed by atoms with Gasteiger partial charge in [0.15, 0.2) is 0 Å². The normalized spacial score (nSPS) is 10.8. The largest absolute Gasteiger partial charge is 0.391 e. The van der Waals surface area contributed by atoms with Gasteiger partial charge in [0.25, 0.3) is 0 Å². The maximum Gasteiger partial charge on any atom is 0.0760 e. The van der Waals surface area contributed by atoms with Crippen LogP contribution in [0.25, 0.3) is 6.08 Å². The molecule has 0 fully saturated rings. The number of aliphatic hydroxyl groups excluding tert-OH is 1. The van der Waals surface area contributed by atoms with E-state index in [2.05, 4.69) is 5.92 Å². The van der Waals surface area contributed by atoms with Crippen LogP contribution in [-0.2, 0) is 0 Å². The SMILES string of the molecule is C#C/C(=C\c1ccccc1)CO. The van der Waals surface area contributed by atoms with Crippen LogP contribution in [0.5, 0.6) is 0 Å². The van der Waals surface area contributed by atoms with Crippen LogP contribution >= 0.6 is 0 Å². The van der Waals surface area contributed by atoms with Crippen molar-refractivity contribution in [2.75, 3.05) is 6.61 Å². The predicted molar refractivity (Wildman–Crippen MR) is 50.3 cm³/mol. The lowest BCUT2D eigenvalue weighted by atomic mass is 10.1. The van der Waals surface area contributed by atoms with Gasteiger partial charge in [-0.15, -0.1) is 6.42 Å². The third-order valence-corrected chi connectivity index (χ3v) is 1.50. The number of rotatable bonds is 2. The van der Waals surface area contributed by atoms with Crippen LogP contribution in [0.1, 0.15) is 5.56 Å². The average molecular weight is 158 g/mol. The Balaban J connectivity index is 2.88. The van der Waals surface area contributed by atoms with Crippen LogP contribution in [0.4, 0.5) is 0 Å². The molecule has 1 N–H and O–H groups in total. The first-order chi connectivity index (χ1) is 5.86. The summed E-state index contributed by atoms with van der Waals surface area (Å²) in [6.07, 6.45) is 6.94. The van der Waals surface area contributed by atoms with Gasteiger partial charge in [0.1, 0.15) is 0 Å². The smallest absolute Gasteiger partial charge is 0.0760 e. The second-order valence-corrected chi connectivity index (χ2v) is 2.38. The van der Waals surface area contributed by atoms with Gasteiger partial charge in [0, 0.05) is 5.57 Å². The van der Waals surface area contributed by atoms with E-state index in [-0.39, 0.29) is 6.61 Å². The molecule has 0 bridgehead atoms. The molecule has 1 nitrogen and oxygen atoms in total. The summed E-state index contributed by atoms with van der Waals surface area (Å²) in [4.78, 5) is 0. The molecule has 1 aromatic rings. The molecule has 1 aromatic carbocycles. The van der Waals surface area contributed by atoms with Crippen LogP contribution in [0.2, 0.25) is 0 Å². The Hall–Kier alpha value is -1.52. The fourth-order valence-corrected chi connectivity index (χ4v) is 0.883. The zero-order chi connectivity index (χ0) is 8.81. The van der Waals surface area contributed by atoms with E-state index in [0.717, 1.165) is 5.56 Å². The monoisotopic (exact) mass is 158 g/mol. The molecule has 12 heavy (non-hydrogen) atoms. The van der Waals surface area contributed by atoms with Crippen LogP contribution in [0, 0.1) is 12.3 Å². The molecule has 0 saturated heterocycles. The van der Waals surface area contributed by atoms with Gasteiger partial charge in [-0.1, -0.05) is 36.3 Å². The van der Waals surface area contributed by atoms with Crippen molar-refractivity contribution in [3.8, 4) is 12.3 Å². The van der Waals surface area contributed by atoms with E-state index in [0.29, 0.717) is 5.57 Å². The van der Waals surface area contributed by atoms with Crippen molar-refractivity contribution in [2.24, 2.45) is 0 Å². The highest BCUT2D eigenvalue weighted by Gasteiger charge is 1.89. The lowest BCUT2D eigenvalue weighted by Crippen LogP contribution is -1.85. The van der Waals surface area contributed by atoms with Gasteiger partial charge in [-0.2, -0.15) is 0 Å². The molecule has 0 unspecified atom stereocenters. The average Bonchev–Trinajstić information content (AvgIpc) is 2.16. The maximum atomic E-state index is 8.78. The summed E-state index contributed by atoms with van der Waals surface area (Å²) in [6, 6.07) is 9.67. The summed E-state index contributed by atoms with van der Waals surface area (Å²) in [5.74, 6) is 2.41. The van der Waals surface area contributed by atoms with Crippen LogP contribution < -0.4 is 0 Å². The Kier molecular flexibility index (Phi) is 3.13. The van der Waals surface area contributed by atoms with Crippen molar-refractivity contribution in [2.45, 2.75) is 0 Å². The summed E-state index contributed by atoms with van der Waals surface area (Å²) in [5, 5.41) is 8.78. The minimum Gasteiger partial charge on any atom is -0.391 e. The highest BCUT2D eigenvalue weighted by atomic mass is 16.3. The first-order valence-electron chi connectivity index (χ1n) is 3.70. The molecular weight excluding hydrogens is 148 g/mol. The molecule has 1 heteroatoms. The topological polar surface area (TPSA) is 20.2 Å². The number of hydrogen-bond donors (Lipinski definition) is 1. The van der Waals surface area contributed by atoms with Crippen LogP contribution in [0.15, 0.2) is 35.9 Å². The van der Waals surface area contributed by atoms with E-state index < -0.39 is 0 Å². The number of benzene rings is 1. The Labute approximate surface area is 72.4 Å². The highest BCUT2D eigenvalue weighted by molar-refractivity contribution is 5.57. The van der Waals surface area contributed by atoms with Gasteiger partial charge < -0.3 is 5.11 Å². The van der Waals surface area contributed by atoms with E-state index in [9.17, 15) is 0 Å². The number of hydrogen-bond acceptors (Lipinski definition) is 1. The summed E-state index contributed by atoms with van der Waals surface area (Å²) in [5.41, 5.74) is 1.61. The van der Waals surface area contributed by atoms with Gasteiger partial charge in [-0.05, 0) is 11.6 Å². The molecule has 0 saturated carbocycles. The zero-order valence-corrected chi connectivity index (χ0v) is 6.70. The Morgan fingerprint density at radius 3 is 2.58 bits per heavy atom. The van der Waals surface area contributed by atoms with Crippen molar-refractivity contribution in [1.82, 2.24) is 0 Å². The molecule has 60 valence electrons. The van der Waals surface area contributed by atoms with E-state index >= 15 is 0 Å². The van der Waals surface area contributed by atoms with Crippen molar-refractivity contribution in [3.05, 3.63) is 41.5 Å². The number of aliphatic hydroxyl groups is 1. The molecule has 0 radical (unpaired) electrons. The molecule has 0 heterocycles. The third-order valence-electron chi connectivity index (χ3n) is 1.50. The highest BCUT2D eigenvalue weighted by Crippen LogP contribution is 2.04. The predicted octanol–water partition coefficient (Wildman–Crippen LogP) is 1.70. The Morgan fingerprint density at radius 1 is 1.42 bits per heavy atom. The minimum atomic E-state index is -0.0780. The van der Waals surface area contributed by atoms with Crippen LogP contribution in [-0.4, -0.2) is 11.7 Å². The first kappa shape index (κ1) is 8.58. The van der Waals surface area contributed by atoms with E-state index in [1.54, 1.807) is 6.08 Å². The first-order valence-corrected chi connectivity index (χ1v) is 3.70. The van der Waals surface area contributed by atoms with Gasteiger partial charge in [0.05, 0.1) is 6.61 Å². The van der Waals surface area contributed by atoms with Gasteiger partial charge in [-0.3, -0.25) is 0 Å².